The van der Waals surface area contributed by atoms with Crippen molar-refractivity contribution < 1.29 is 0 Å². The molecule has 0 bridgehead atoms. The lowest BCUT2D eigenvalue weighted by Crippen LogP contribution is -2.27. The molecule has 1 aliphatic carbocycles. The molecule has 1 aliphatic rings. The maximum Gasteiger partial charge on any atom is 0.0701 e. The van der Waals surface area contributed by atoms with Crippen LogP contribution in [0.2, 0.25) is 0 Å². The average molecular weight is 306 g/mol. The summed E-state index contributed by atoms with van der Waals surface area (Å²) in [6.07, 6.45) is 4.98. The minimum atomic E-state index is 0.478. The van der Waals surface area contributed by atoms with Crippen LogP contribution in [-0.4, -0.2) is 17.5 Å². The third kappa shape index (κ3) is 2.99. The highest BCUT2D eigenvalue weighted by atomic mass is 79.9. The number of thiophene rings is 1. The van der Waals surface area contributed by atoms with Gasteiger partial charge in [0.1, 0.15) is 0 Å². The normalized spacial score (nSPS) is 20.2. The van der Waals surface area contributed by atoms with Gasteiger partial charge in [-0.25, -0.2) is 0 Å². The summed E-state index contributed by atoms with van der Waals surface area (Å²) in [4.78, 5) is 1.42. The van der Waals surface area contributed by atoms with E-state index in [0.29, 0.717) is 10.8 Å². The van der Waals surface area contributed by atoms with Crippen molar-refractivity contribution in [3.63, 3.8) is 0 Å². The number of hydrogen-bond donors (Lipinski definition) is 1. The van der Waals surface area contributed by atoms with E-state index in [1.807, 2.05) is 23.1 Å². The molecule has 1 unspecified atom stereocenters. The first-order valence-corrected chi connectivity index (χ1v) is 8.02. The largest absolute Gasteiger partial charge is 0.308 e. The van der Waals surface area contributed by atoms with Crippen LogP contribution in [0.15, 0.2) is 15.9 Å². The summed E-state index contributed by atoms with van der Waals surface area (Å²) < 4.78 is 1.78. The lowest BCUT2D eigenvalue weighted by atomic mass is 10.2. The number of halogens is 1. The minimum absolute atomic E-state index is 0.478. The van der Waals surface area contributed by atoms with Gasteiger partial charge in [-0.15, -0.1) is 11.3 Å². The molecule has 1 fully saturated rings. The molecule has 1 N–H and O–H groups in total. The Balaban J connectivity index is 1.85. The molecule has 1 heterocycles. The molecule has 1 saturated carbocycles. The lowest BCUT2D eigenvalue weighted by Gasteiger charge is -2.17. The fourth-order valence-corrected chi connectivity index (χ4v) is 3.78. The van der Waals surface area contributed by atoms with E-state index >= 15 is 0 Å². The maximum atomic E-state index is 3.63. The standard InChI is InChI=1S/C11H16BrNS2/c1-8(9-3-4-10(12)15-9)13-7-11(14-2)5-6-11/h3-4,8,13H,5-7H2,1-2H3. The first-order chi connectivity index (χ1) is 7.15. The molecule has 1 aromatic heterocycles. The summed E-state index contributed by atoms with van der Waals surface area (Å²) in [5.74, 6) is 0. The van der Waals surface area contributed by atoms with Crippen molar-refractivity contribution in [1.29, 1.82) is 0 Å². The highest BCUT2D eigenvalue weighted by molar-refractivity contribution is 9.11. The summed E-state index contributed by atoms with van der Waals surface area (Å²) in [7, 11) is 0. The van der Waals surface area contributed by atoms with Gasteiger partial charge in [0.05, 0.1) is 3.79 Å². The summed E-state index contributed by atoms with van der Waals surface area (Å²) in [6, 6.07) is 4.80. The van der Waals surface area contributed by atoms with Crippen LogP contribution in [-0.2, 0) is 0 Å². The smallest absolute Gasteiger partial charge is 0.0701 e. The van der Waals surface area contributed by atoms with Crippen molar-refractivity contribution in [1.82, 2.24) is 5.32 Å². The Morgan fingerprint density at radius 1 is 1.60 bits per heavy atom. The zero-order valence-corrected chi connectivity index (χ0v) is 12.3. The molecule has 0 saturated heterocycles. The molecule has 1 atom stereocenters. The van der Waals surface area contributed by atoms with E-state index in [1.165, 1.54) is 21.5 Å². The number of rotatable bonds is 5. The Hall–Kier alpha value is 0.490. The molecular formula is C11H16BrNS2. The van der Waals surface area contributed by atoms with Crippen molar-refractivity contribution in [2.45, 2.75) is 30.6 Å². The number of thioether (sulfide) groups is 1. The lowest BCUT2D eigenvalue weighted by molar-refractivity contribution is 0.570. The van der Waals surface area contributed by atoms with E-state index in [4.69, 9.17) is 0 Å². The summed E-state index contributed by atoms with van der Waals surface area (Å²) >= 11 is 7.34. The van der Waals surface area contributed by atoms with Gasteiger partial charge in [-0.2, -0.15) is 11.8 Å². The predicted octanol–water partition coefficient (Wildman–Crippen LogP) is 4.06. The van der Waals surface area contributed by atoms with E-state index in [1.54, 1.807) is 0 Å². The topological polar surface area (TPSA) is 12.0 Å². The SMILES string of the molecule is CSC1(CNC(C)c2ccc(Br)s2)CC1. The van der Waals surface area contributed by atoms with Gasteiger partial charge >= 0.3 is 0 Å². The van der Waals surface area contributed by atoms with Gasteiger partial charge in [0.15, 0.2) is 0 Å². The number of hydrogen-bond acceptors (Lipinski definition) is 3. The van der Waals surface area contributed by atoms with Crippen LogP contribution in [0.4, 0.5) is 0 Å². The van der Waals surface area contributed by atoms with Crippen LogP contribution in [0.3, 0.4) is 0 Å². The first-order valence-electron chi connectivity index (χ1n) is 5.19. The molecular weight excluding hydrogens is 290 g/mol. The zero-order chi connectivity index (χ0) is 10.9. The Labute approximate surface area is 108 Å². The van der Waals surface area contributed by atoms with Crippen molar-refractivity contribution in [2.75, 3.05) is 12.8 Å². The second kappa shape index (κ2) is 4.78. The zero-order valence-electron chi connectivity index (χ0n) is 9.05. The van der Waals surface area contributed by atoms with Gasteiger partial charge in [0.25, 0.3) is 0 Å². The Kier molecular flexibility index (Phi) is 3.81. The van der Waals surface area contributed by atoms with E-state index in [9.17, 15) is 0 Å². The van der Waals surface area contributed by atoms with Crippen molar-refractivity contribution >= 4 is 39.0 Å². The molecule has 0 amide bonds. The summed E-state index contributed by atoms with van der Waals surface area (Å²) in [6.45, 7) is 3.39. The summed E-state index contributed by atoms with van der Waals surface area (Å²) in [5, 5.41) is 3.63. The molecule has 1 nitrogen and oxygen atoms in total. The second-order valence-electron chi connectivity index (χ2n) is 4.13. The van der Waals surface area contributed by atoms with E-state index in [0.717, 1.165) is 6.54 Å². The quantitative estimate of drug-likeness (QED) is 0.880. The third-order valence-corrected chi connectivity index (χ3v) is 6.22. The van der Waals surface area contributed by atoms with Crippen molar-refractivity contribution in [2.24, 2.45) is 0 Å². The molecule has 0 aromatic carbocycles. The van der Waals surface area contributed by atoms with Crippen LogP contribution in [0, 0.1) is 0 Å². The fraction of sp³-hybridized carbons (Fsp3) is 0.636. The monoisotopic (exact) mass is 305 g/mol. The van der Waals surface area contributed by atoms with E-state index in [2.05, 4.69) is 46.6 Å². The van der Waals surface area contributed by atoms with Crippen LogP contribution in [0.1, 0.15) is 30.7 Å². The van der Waals surface area contributed by atoms with Crippen LogP contribution >= 0.6 is 39.0 Å². The second-order valence-corrected chi connectivity index (χ2v) is 7.90. The van der Waals surface area contributed by atoms with Crippen LogP contribution in [0.5, 0.6) is 0 Å². The van der Waals surface area contributed by atoms with Gasteiger partial charge in [-0.1, -0.05) is 0 Å². The molecule has 15 heavy (non-hydrogen) atoms. The molecule has 1 aromatic rings. The van der Waals surface area contributed by atoms with Crippen molar-refractivity contribution in [3.05, 3.63) is 20.8 Å². The minimum Gasteiger partial charge on any atom is -0.308 e. The van der Waals surface area contributed by atoms with Gasteiger partial charge in [-0.3, -0.25) is 0 Å². The van der Waals surface area contributed by atoms with E-state index in [-0.39, 0.29) is 0 Å². The third-order valence-electron chi connectivity index (χ3n) is 2.99. The van der Waals surface area contributed by atoms with Gasteiger partial charge in [0, 0.05) is 22.2 Å². The predicted molar refractivity (Wildman–Crippen MR) is 73.9 cm³/mol. The molecule has 84 valence electrons. The Morgan fingerprint density at radius 2 is 2.33 bits per heavy atom. The average Bonchev–Trinajstić information content (AvgIpc) is 2.90. The Morgan fingerprint density at radius 3 is 2.80 bits per heavy atom. The van der Waals surface area contributed by atoms with Gasteiger partial charge in [-0.05, 0) is 54.1 Å². The fourth-order valence-electron chi connectivity index (χ4n) is 1.59. The molecule has 0 aliphatic heterocycles. The van der Waals surface area contributed by atoms with E-state index < -0.39 is 0 Å². The molecule has 4 heteroatoms. The first kappa shape index (κ1) is 12.0. The van der Waals surface area contributed by atoms with Crippen molar-refractivity contribution in [3.8, 4) is 0 Å². The summed E-state index contributed by atoms with van der Waals surface area (Å²) in [5.41, 5.74) is 0. The molecule has 0 radical (unpaired) electrons. The Bertz CT molecular complexity index is 333. The molecule has 0 spiro atoms. The van der Waals surface area contributed by atoms with Gasteiger partial charge < -0.3 is 5.32 Å². The highest BCUT2D eigenvalue weighted by Crippen LogP contribution is 2.46. The number of nitrogens with one attached hydrogen (secondary N) is 1. The highest BCUT2D eigenvalue weighted by Gasteiger charge is 2.41. The van der Waals surface area contributed by atoms with Crippen LogP contribution < -0.4 is 5.32 Å². The maximum absolute atomic E-state index is 3.63. The molecule has 2 rings (SSSR count). The van der Waals surface area contributed by atoms with Crippen LogP contribution in [0.25, 0.3) is 0 Å². The van der Waals surface area contributed by atoms with Gasteiger partial charge in [0.2, 0.25) is 0 Å².